The van der Waals surface area contributed by atoms with Gasteiger partial charge in [0.1, 0.15) is 0 Å². The zero-order valence-electron chi connectivity index (χ0n) is 19.3. The quantitative estimate of drug-likeness (QED) is 0.177. The van der Waals surface area contributed by atoms with Crippen molar-refractivity contribution in [3.05, 3.63) is 92.0 Å². The van der Waals surface area contributed by atoms with Crippen LogP contribution in [0, 0.1) is 0 Å². The van der Waals surface area contributed by atoms with E-state index in [4.69, 9.17) is 0 Å². The first kappa shape index (κ1) is 24.7. The van der Waals surface area contributed by atoms with Gasteiger partial charge in [-0.2, -0.15) is 0 Å². The lowest BCUT2D eigenvalue weighted by molar-refractivity contribution is 0.543. The molecule has 2 nitrogen and oxygen atoms in total. The summed E-state index contributed by atoms with van der Waals surface area (Å²) in [6.45, 7) is 7.68. The molecule has 0 amide bonds. The summed E-state index contributed by atoms with van der Waals surface area (Å²) in [5, 5.41) is 0. The molecule has 3 aromatic rings. The summed E-state index contributed by atoms with van der Waals surface area (Å²) in [7, 11) is 0. The zero-order valence-corrected chi connectivity index (χ0v) is 19.3. The Morgan fingerprint density at radius 2 is 1.35 bits per heavy atom. The number of aromatic nitrogens is 2. The van der Waals surface area contributed by atoms with E-state index in [0.717, 1.165) is 12.9 Å². The molecular weight excluding hydrogens is 375 g/mol. The van der Waals surface area contributed by atoms with Gasteiger partial charge in [0.05, 0.1) is 6.33 Å². The minimum Gasteiger partial charge on any atom is -0.337 e. The molecule has 0 N–H and O–H groups in total. The number of nitrogens with zero attached hydrogens (tertiary/aromatic N) is 2. The average molecular weight is 414 g/mol. The fourth-order valence-corrected chi connectivity index (χ4v) is 3.85. The largest absolute Gasteiger partial charge is 0.337 e. The highest BCUT2D eigenvalue weighted by atomic mass is 15.0. The fourth-order valence-electron chi connectivity index (χ4n) is 3.85. The summed E-state index contributed by atoms with van der Waals surface area (Å²) in [6, 6.07) is 21.2. The van der Waals surface area contributed by atoms with Crippen LogP contribution in [0.1, 0.15) is 58.3 Å². The van der Waals surface area contributed by atoms with Gasteiger partial charge in [-0.05, 0) is 12.7 Å². The third-order valence-electron chi connectivity index (χ3n) is 5.64. The Morgan fingerprint density at radius 3 is 1.84 bits per heavy atom. The number of aryl methyl sites for hydroxylation is 1. The third-order valence-corrected chi connectivity index (χ3v) is 5.64. The molecule has 3 heteroatoms. The van der Waals surface area contributed by atoms with E-state index in [0.29, 0.717) is 6.71 Å². The van der Waals surface area contributed by atoms with Crippen LogP contribution in [0.3, 0.4) is 0 Å². The first-order valence-electron chi connectivity index (χ1n) is 12.0. The molecule has 2 aromatic carbocycles. The van der Waals surface area contributed by atoms with Crippen molar-refractivity contribution in [1.82, 2.24) is 9.55 Å². The summed E-state index contributed by atoms with van der Waals surface area (Å²) in [6.07, 6.45) is 19.9. The maximum atomic E-state index is 4.03. The molecule has 164 valence electrons. The van der Waals surface area contributed by atoms with E-state index in [9.17, 15) is 0 Å². The number of hydrogen-bond acceptors (Lipinski definition) is 1. The van der Waals surface area contributed by atoms with Crippen LogP contribution in [0.15, 0.2) is 92.0 Å². The highest BCUT2D eigenvalue weighted by Crippen LogP contribution is 2.08. The van der Waals surface area contributed by atoms with Crippen LogP contribution >= 0.6 is 0 Å². The highest BCUT2D eigenvalue weighted by Gasteiger charge is 2.16. The summed E-state index contributed by atoms with van der Waals surface area (Å²) >= 11 is 0. The monoisotopic (exact) mass is 414 g/mol. The molecule has 0 saturated heterocycles. The van der Waals surface area contributed by atoms with Gasteiger partial charge in [0.2, 0.25) is 6.71 Å². The number of unbranched alkanes of at least 4 members (excludes halogenated alkanes) is 7. The van der Waals surface area contributed by atoms with Gasteiger partial charge in [-0.3, -0.25) is 0 Å². The van der Waals surface area contributed by atoms with Gasteiger partial charge >= 0.3 is 0 Å². The zero-order chi connectivity index (χ0) is 22.0. The lowest BCUT2D eigenvalue weighted by Crippen LogP contribution is -2.41. The van der Waals surface area contributed by atoms with Gasteiger partial charge in [-0.1, -0.05) is 130 Å². The topological polar surface area (TPSA) is 17.8 Å². The summed E-state index contributed by atoms with van der Waals surface area (Å²) < 4.78 is 2.16. The average Bonchev–Trinajstić information content (AvgIpc) is 3.34. The van der Waals surface area contributed by atoms with Crippen molar-refractivity contribution in [2.75, 3.05) is 0 Å². The van der Waals surface area contributed by atoms with Crippen molar-refractivity contribution in [1.29, 1.82) is 0 Å². The Morgan fingerprint density at radius 1 is 0.806 bits per heavy atom. The predicted molar refractivity (Wildman–Crippen MR) is 138 cm³/mol. The normalized spacial score (nSPS) is 10.2. The van der Waals surface area contributed by atoms with E-state index >= 15 is 0 Å². The molecule has 0 fully saturated rings. The molecule has 0 unspecified atom stereocenters. The Kier molecular flexibility index (Phi) is 12.9. The molecule has 0 radical (unpaired) electrons. The van der Waals surface area contributed by atoms with E-state index in [-0.39, 0.29) is 0 Å². The van der Waals surface area contributed by atoms with E-state index in [1.54, 1.807) is 0 Å². The van der Waals surface area contributed by atoms with Crippen LogP contribution in [-0.4, -0.2) is 16.3 Å². The van der Waals surface area contributed by atoms with Crippen LogP contribution in [0.2, 0.25) is 6.32 Å². The SMILES string of the molecule is C=CCB(c1ccccc1)c1ccccc1.CCCCCCCCCCn1ccnc1. The highest BCUT2D eigenvalue weighted by molar-refractivity contribution is 6.85. The number of benzene rings is 2. The molecule has 0 bridgehead atoms. The van der Waals surface area contributed by atoms with Gasteiger partial charge in [0.25, 0.3) is 0 Å². The number of allylic oxidation sites excluding steroid dienone is 1. The molecule has 3 rings (SSSR count). The molecule has 0 saturated carbocycles. The van der Waals surface area contributed by atoms with Gasteiger partial charge in [0, 0.05) is 18.9 Å². The van der Waals surface area contributed by atoms with Crippen LogP contribution < -0.4 is 10.9 Å². The maximum Gasteiger partial charge on any atom is 0.213 e. The fraction of sp³-hybridized carbons (Fsp3) is 0.393. The molecule has 31 heavy (non-hydrogen) atoms. The number of rotatable bonds is 13. The second kappa shape index (κ2) is 16.2. The summed E-state index contributed by atoms with van der Waals surface area (Å²) in [4.78, 5) is 4.03. The lowest BCUT2D eigenvalue weighted by Gasteiger charge is -2.12. The number of imidazole rings is 1. The Bertz CT molecular complexity index is 745. The minimum atomic E-state index is 0.430. The van der Waals surface area contributed by atoms with Crippen molar-refractivity contribution in [3.8, 4) is 0 Å². The van der Waals surface area contributed by atoms with Crippen LogP contribution in [0.4, 0.5) is 0 Å². The van der Waals surface area contributed by atoms with Crippen LogP contribution in [-0.2, 0) is 6.54 Å². The molecular formula is C28H39BN2. The third kappa shape index (κ3) is 10.4. The van der Waals surface area contributed by atoms with E-state index in [1.807, 2.05) is 24.8 Å². The van der Waals surface area contributed by atoms with Crippen molar-refractivity contribution in [2.45, 2.75) is 71.2 Å². The second-order valence-corrected chi connectivity index (χ2v) is 8.17. The Labute approximate surface area is 190 Å². The standard InChI is InChI=1S/C15H15B.C13H24N2/c1-2-13-16(14-9-5-3-6-10-14)15-11-7-4-8-12-15;1-2-3-4-5-6-7-8-9-11-15-12-10-14-13-15/h2-12H,1,13H2;10,12-13H,2-9,11H2,1H3. The molecule has 1 heterocycles. The van der Waals surface area contributed by atoms with Gasteiger partial charge in [0.15, 0.2) is 0 Å². The predicted octanol–water partition coefficient (Wildman–Crippen LogP) is 6.51. The van der Waals surface area contributed by atoms with Crippen molar-refractivity contribution >= 4 is 17.6 Å². The molecule has 0 atom stereocenters. The molecule has 0 aliphatic carbocycles. The summed E-state index contributed by atoms with van der Waals surface area (Å²) in [5.41, 5.74) is 2.71. The van der Waals surface area contributed by atoms with Crippen molar-refractivity contribution < 1.29 is 0 Å². The first-order chi connectivity index (χ1) is 15.3. The summed E-state index contributed by atoms with van der Waals surface area (Å²) in [5.74, 6) is 0. The van der Waals surface area contributed by atoms with E-state index in [2.05, 4.69) is 83.7 Å². The second-order valence-electron chi connectivity index (χ2n) is 8.17. The molecule has 0 aliphatic rings. The van der Waals surface area contributed by atoms with E-state index in [1.165, 1.54) is 62.3 Å². The molecule has 0 aliphatic heterocycles. The van der Waals surface area contributed by atoms with Crippen molar-refractivity contribution in [2.24, 2.45) is 0 Å². The van der Waals surface area contributed by atoms with Gasteiger partial charge < -0.3 is 4.57 Å². The Balaban J connectivity index is 0.000000221. The molecule has 1 aromatic heterocycles. The lowest BCUT2D eigenvalue weighted by atomic mass is 9.39. The van der Waals surface area contributed by atoms with Crippen LogP contribution in [0.5, 0.6) is 0 Å². The van der Waals surface area contributed by atoms with Crippen LogP contribution in [0.25, 0.3) is 0 Å². The van der Waals surface area contributed by atoms with E-state index < -0.39 is 0 Å². The first-order valence-corrected chi connectivity index (χ1v) is 12.0. The number of hydrogen-bond donors (Lipinski definition) is 0. The van der Waals surface area contributed by atoms with Gasteiger partial charge in [-0.25, -0.2) is 4.98 Å². The minimum absolute atomic E-state index is 0.430. The van der Waals surface area contributed by atoms with Gasteiger partial charge in [-0.15, -0.1) is 6.58 Å². The molecule has 0 spiro atoms. The van der Waals surface area contributed by atoms with Crippen molar-refractivity contribution in [3.63, 3.8) is 0 Å². The maximum absolute atomic E-state index is 4.03. The Hall–Kier alpha value is -2.55. The smallest absolute Gasteiger partial charge is 0.213 e.